The number of amides is 2. The molecule has 12 heteroatoms. The van der Waals surface area contributed by atoms with Gasteiger partial charge in [-0.2, -0.15) is 5.10 Å². The van der Waals surface area contributed by atoms with E-state index in [4.69, 9.17) is 4.74 Å². The Labute approximate surface area is 197 Å². The predicted octanol–water partition coefficient (Wildman–Crippen LogP) is 1.02. The summed E-state index contributed by atoms with van der Waals surface area (Å²) in [7, 11) is 0. The summed E-state index contributed by atoms with van der Waals surface area (Å²) in [6, 6.07) is 6.54. The van der Waals surface area contributed by atoms with Gasteiger partial charge in [0, 0.05) is 37.0 Å². The van der Waals surface area contributed by atoms with Crippen LogP contribution in [0.3, 0.4) is 0 Å². The van der Waals surface area contributed by atoms with Crippen molar-refractivity contribution in [3.05, 3.63) is 83.1 Å². The first-order valence-corrected chi connectivity index (χ1v) is 10.6. The summed E-state index contributed by atoms with van der Waals surface area (Å²) in [5.41, 5.74) is 1.53. The van der Waals surface area contributed by atoms with Crippen molar-refractivity contribution in [1.29, 1.82) is 0 Å². The molecule has 0 saturated heterocycles. The lowest BCUT2D eigenvalue weighted by atomic mass is 10.0. The molecule has 35 heavy (non-hydrogen) atoms. The van der Waals surface area contributed by atoms with Crippen LogP contribution in [0.2, 0.25) is 0 Å². The maximum atomic E-state index is 14.3. The second-order valence-corrected chi connectivity index (χ2v) is 7.76. The molecule has 11 nitrogen and oxygen atoms in total. The highest BCUT2D eigenvalue weighted by molar-refractivity contribution is 5.98. The van der Waals surface area contributed by atoms with Gasteiger partial charge >= 0.3 is 0 Å². The molecule has 0 bridgehead atoms. The molecule has 0 saturated carbocycles. The van der Waals surface area contributed by atoms with Crippen molar-refractivity contribution >= 4 is 23.2 Å². The number of carbonyl (C=O) groups is 3. The quantitative estimate of drug-likeness (QED) is 0.421. The molecule has 2 N–H and O–H groups in total. The van der Waals surface area contributed by atoms with Crippen LogP contribution in [0.5, 0.6) is 5.75 Å². The summed E-state index contributed by atoms with van der Waals surface area (Å²) >= 11 is 0. The van der Waals surface area contributed by atoms with Crippen LogP contribution in [-0.4, -0.2) is 48.8 Å². The van der Waals surface area contributed by atoms with Gasteiger partial charge in [0.05, 0.1) is 24.6 Å². The molecular weight excluding hydrogens is 457 g/mol. The van der Waals surface area contributed by atoms with Gasteiger partial charge in [-0.3, -0.25) is 24.4 Å². The van der Waals surface area contributed by atoms with Crippen LogP contribution < -0.4 is 15.4 Å². The summed E-state index contributed by atoms with van der Waals surface area (Å²) in [5.74, 6) is -1.37. The first kappa shape index (κ1) is 22.1. The minimum atomic E-state index is -0.776. The van der Waals surface area contributed by atoms with Crippen LogP contribution in [0.25, 0.3) is 5.65 Å². The highest BCUT2D eigenvalue weighted by atomic mass is 19.1. The first-order chi connectivity index (χ1) is 17.0. The second kappa shape index (κ2) is 9.25. The largest absolute Gasteiger partial charge is 0.486 e. The van der Waals surface area contributed by atoms with E-state index in [0.717, 1.165) is 21.8 Å². The maximum Gasteiger partial charge on any atom is 0.270 e. The van der Waals surface area contributed by atoms with E-state index in [-0.39, 0.29) is 48.9 Å². The van der Waals surface area contributed by atoms with E-state index in [1.165, 1.54) is 24.7 Å². The molecule has 0 atom stereocenters. The fourth-order valence-electron chi connectivity index (χ4n) is 3.61. The third-order valence-corrected chi connectivity index (χ3v) is 5.30. The zero-order chi connectivity index (χ0) is 24.4. The number of benzene rings is 1. The second-order valence-electron chi connectivity index (χ2n) is 7.76. The molecule has 0 aliphatic carbocycles. The van der Waals surface area contributed by atoms with E-state index >= 15 is 0 Å². The average molecular weight is 475 g/mol. The summed E-state index contributed by atoms with van der Waals surface area (Å²) in [5, 5.41) is 9.21. The van der Waals surface area contributed by atoms with Gasteiger partial charge in [0.25, 0.3) is 11.8 Å². The third-order valence-electron chi connectivity index (χ3n) is 5.30. The summed E-state index contributed by atoms with van der Waals surface area (Å²) in [6.07, 6.45) is 5.68. The summed E-state index contributed by atoms with van der Waals surface area (Å²) < 4.78 is 20.7. The van der Waals surface area contributed by atoms with Crippen molar-refractivity contribution in [2.24, 2.45) is 0 Å². The van der Waals surface area contributed by atoms with Gasteiger partial charge in [-0.15, -0.1) is 0 Å². The number of hydrogen-bond donors (Lipinski definition) is 2. The van der Waals surface area contributed by atoms with E-state index in [1.807, 2.05) is 0 Å². The van der Waals surface area contributed by atoms with Crippen LogP contribution in [0, 0.1) is 5.82 Å². The van der Waals surface area contributed by atoms with Gasteiger partial charge in [0.1, 0.15) is 23.7 Å². The Kier molecular flexibility index (Phi) is 5.83. The van der Waals surface area contributed by atoms with E-state index in [2.05, 4.69) is 30.7 Å². The van der Waals surface area contributed by atoms with Crippen molar-refractivity contribution in [1.82, 2.24) is 35.2 Å². The molecule has 0 spiro atoms. The number of aromatic nitrogens is 5. The Morgan fingerprint density at radius 2 is 1.94 bits per heavy atom. The SMILES string of the molecule is O=C1COc2ccc(CNC(=O)c3cc(C(=O)NCc4cnccn4)n4ncc(F)c4n3)cc2C1. The van der Waals surface area contributed by atoms with Gasteiger partial charge in [-0.25, -0.2) is 13.9 Å². The third kappa shape index (κ3) is 4.67. The molecule has 2 amide bonds. The lowest BCUT2D eigenvalue weighted by molar-refractivity contribution is -0.121. The fraction of sp³-hybridized carbons (Fsp3) is 0.174. The lowest BCUT2D eigenvalue weighted by Gasteiger charge is -2.17. The molecule has 1 aromatic carbocycles. The molecule has 0 unspecified atom stereocenters. The van der Waals surface area contributed by atoms with Crippen molar-refractivity contribution in [2.45, 2.75) is 19.5 Å². The number of ketones is 1. The molecule has 0 radical (unpaired) electrons. The number of nitrogens with zero attached hydrogens (tertiary/aromatic N) is 5. The zero-order valence-corrected chi connectivity index (χ0v) is 18.2. The smallest absolute Gasteiger partial charge is 0.270 e. The Morgan fingerprint density at radius 1 is 1.09 bits per heavy atom. The van der Waals surface area contributed by atoms with Crippen LogP contribution in [0.4, 0.5) is 4.39 Å². The number of ether oxygens (including phenoxy) is 1. The Bertz CT molecular complexity index is 1460. The molecule has 0 fully saturated rings. The molecule has 176 valence electrons. The molecule has 1 aliphatic heterocycles. The van der Waals surface area contributed by atoms with Crippen molar-refractivity contribution in [3.8, 4) is 5.75 Å². The Balaban J connectivity index is 1.34. The number of carbonyl (C=O) groups excluding carboxylic acids is 3. The minimum Gasteiger partial charge on any atom is -0.486 e. The van der Waals surface area contributed by atoms with Crippen molar-refractivity contribution < 1.29 is 23.5 Å². The van der Waals surface area contributed by atoms with E-state index in [1.54, 1.807) is 18.2 Å². The lowest BCUT2D eigenvalue weighted by Crippen LogP contribution is -2.29. The van der Waals surface area contributed by atoms with Gasteiger partial charge in [0.15, 0.2) is 17.2 Å². The highest BCUT2D eigenvalue weighted by Gasteiger charge is 2.21. The number of hydrogen-bond acceptors (Lipinski definition) is 8. The van der Waals surface area contributed by atoms with Crippen molar-refractivity contribution in [3.63, 3.8) is 0 Å². The normalized spacial score (nSPS) is 12.7. The number of nitrogens with one attached hydrogen (secondary N) is 2. The molecule has 5 rings (SSSR count). The molecule has 4 aromatic rings. The molecule has 3 aromatic heterocycles. The van der Waals surface area contributed by atoms with E-state index < -0.39 is 17.6 Å². The van der Waals surface area contributed by atoms with Crippen molar-refractivity contribution in [2.75, 3.05) is 6.61 Å². The predicted molar refractivity (Wildman–Crippen MR) is 118 cm³/mol. The van der Waals surface area contributed by atoms with Gasteiger partial charge in [-0.1, -0.05) is 6.07 Å². The number of Topliss-reactive ketones (excluding diaryl/α,β-unsaturated/α-hetero) is 1. The van der Waals surface area contributed by atoms with Gasteiger partial charge in [0.2, 0.25) is 0 Å². The first-order valence-electron chi connectivity index (χ1n) is 10.6. The number of fused-ring (bicyclic) bond motifs is 2. The van der Waals surface area contributed by atoms with Gasteiger partial charge < -0.3 is 15.4 Å². The highest BCUT2D eigenvalue weighted by Crippen LogP contribution is 2.24. The molecular formula is C23H18FN7O4. The molecule has 4 heterocycles. The number of rotatable bonds is 6. The van der Waals surface area contributed by atoms with Gasteiger partial charge in [-0.05, 0) is 17.7 Å². The average Bonchev–Trinajstić information content (AvgIpc) is 3.26. The van der Waals surface area contributed by atoms with E-state index in [0.29, 0.717) is 11.4 Å². The van der Waals surface area contributed by atoms with Crippen LogP contribution in [0.1, 0.15) is 37.8 Å². The van der Waals surface area contributed by atoms with Crippen LogP contribution in [-0.2, 0) is 24.3 Å². The maximum absolute atomic E-state index is 14.3. The standard InChI is InChI=1S/C23H18FN7O4/c24-17-11-29-31-19(23(34)28-10-15-9-25-3-4-26-15)7-18(30-21(17)31)22(33)27-8-13-1-2-20-14(5-13)6-16(32)12-35-20/h1-5,7,9,11H,6,8,10,12H2,(H,27,33)(H,28,34). The van der Waals surface area contributed by atoms with E-state index in [9.17, 15) is 18.8 Å². The monoisotopic (exact) mass is 475 g/mol. The zero-order valence-electron chi connectivity index (χ0n) is 18.2. The summed E-state index contributed by atoms with van der Waals surface area (Å²) in [4.78, 5) is 49.3. The van der Waals surface area contributed by atoms with Crippen LogP contribution in [0.15, 0.2) is 49.1 Å². The topological polar surface area (TPSA) is 140 Å². The van der Waals surface area contributed by atoms with Crippen LogP contribution >= 0.6 is 0 Å². The number of halogens is 1. The summed E-state index contributed by atoms with van der Waals surface area (Å²) in [6.45, 7) is 0.256. The fourth-order valence-corrected chi connectivity index (χ4v) is 3.61. The minimum absolute atomic E-state index is 0.0239. The Hall–Kier alpha value is -4.74. The molecule has 1 aliphatic rings. The Morgan fingerprint density at radius 3 is 2.77 bits per heavy atom.